The number of fused-ring (bicyclic) bond motifs is 18. The number of hydrogen-bond donors (Lipinski definition) is 0. The summed E-state index contributed by atoms with van der Waals surface area (Å²) >= 11 is 0. The van der Waals surface area contributed by atoms with Crippen LogP contribution in [0, 0.1) is 0 Å². The Labute approximate surface area is 815 Å². The lowest BCUT2D eigenvalue weighted by molar-refractivity contribution is 0.668. The molecule has 0 spiro atoms. The maximum Gasteiger partial charge on any atom is 0.143 e. The molecule has 10 heteroatoms. The monoisotopic (exact) mass is 1820 g/mol. The first kappa shape index (κ1) is 81.2. The van der Waals surface area contributed by atoms with Crippen molar-refractivity contribution in [3.05, 3.63) is 497 Å². The van der Waals surface area contributed by atoms with Gasteiger partial charge in [-0.3, -0.25) is 0 Å². The first-order valence-electron chi connectivity index (χ1n) is 48.0. The second kappa shape index (κ2) is 33.4. The van der Waals surface area contributed by atoms with Crippen LogP contribution in [0.1, 0.15) is 0 Å². The highest BCUT2D eigenvalue weighted by Crippen LogP contribution is 2.50. The number of rotatable bonds is 19. The second-order valence-corrected chi connectivity index (χ2v) is 36.5. The fourth-order valence-corrected chi connectivity index (χ4v) is 21.3. The molecule has 0 saturated carbocycles. The van der Waals surface area contributed by atoms with Crippen molar-refractivity contribution in [1.82, 2.24) is 0 Å². The van der Waals surface area contributed by atoms with E-state index < -0.39 is 0 Å². The molecule has 0 saturated heterocycles. The average molecular weight is 1820 g/mol. The van der Waals surface area contributed by atoms with E-state index >= 15 is 0 Å². The number of furan rings is 6. The van der Waals surface area contributed by atoms with Crippen LogP contribution in [0.3, 0.4) is 0 Å². The first-order valence-corrected chi connectivity index (χ1v) is 48.0. The molecule has 22 aromatic carbocycles. The van der Waals surface area contributed by atoms with Gasteiger partial charge in [0, 0.05) is 150 Å². The van der Waals surface area contributed by atoms with E-state index in [1.165, 1.54) is 0 Å². The standard InChI is InChI=1S/C132H82N4O6/c1-10-31-124-109(16-1)115-25-13-22-106(130(115)140-124)88-44-59-97(60-45-88)133(94-53-38-84(39-54-94)83-34-36-85(37-35-83)91-50-77-127-118(80-91)112-19-4-7-28-121(112)137-127)100-65-71-103(72-66-100)136(104-73-67-101(68-74-104)134(95-55-40-86(41-56-95)92-51-78-128-119(81-92)113-20-5-8-29-122(113)138-128)98-61-46-89(47-62-98)107-23-14-26-116-110-17-2-11-32-125(110)141-131(107)116)105-75-69-102(70-76-105)135(96-57-42-87(43-58-96)93-52-79-129-120(82-93)114-21-6-9-30-123(114)139-129)99-63-48-90(49-64-99)108-24-15-27-117-111-18-3-12-33-126(111)142-132(108)117/h1-82H. The van der Waals surface area contributed by atoms with Crippen LogP contribution in [0.4, 0.5) is 68.2 Å². The summed E-state index contributed by atoms with van der Waals surface area (Å²) in [6.07, 6.45) is 0. The molecule has 28 rings (SSSR count). The summed E-state index contributed by atoms with van der Waals surface area (Å²) in [5.74, 6) is 0. The Hall–Kier alpha value is -19.2. The zero-order chi connectivity index (χ0) is 93.4. The third kappa shape index (κ3) is 14.0. The Kier molecular flexibility index (Phi) is 19.1. The van der Waals surface area contributed by atoms with Gasteiger partial charge in [0.15, 0.2) is 0 Å². The number of benzene rings is 22. The van der Waals surface area contributed by atoms with Gasteiger partial charge in [0.2, 0.25) is 0 Å². The summed E-state index contributed by atoms with van der Waals surface area (Å²) in [5, 5.41) is 13.1. The molecule has 0 fully saturated rings. The highest BCUT2D eigenvalue weighted by molar-refractivity contribution is 6.14. The summed E-state index contributed by atoms with van der Waals surface area (Å²) in [6, 6.07) is 178. The number of para-hydroxylation sites is 9. The largest absolute Gasteiger partial charge is 0.456 e. The Morgan fingerprint density at radius 3 is 0.486 bits per heavy atom. The molecule has 142 heavy (non-hydrogen) atoms. The third-order valence-electron chi connectivity index (χ3n) is 28.3. The molecule has 666 valence electrons. The molecular weight excluding hydrogens is 1740 g/mol. The Morgan fingerprint density at radius 1 is 0.106 bits per heavy atom. The SMILES string of the molecule is c1ccc2c(c1)oc1ccc(-c3ccc(-c4ccc(N(c5ccc(-c6cccc7c6oc6ccccc67)cc5)c5ccc(N(c6ccc(N(c7ccc(-c8ccc9oc%10ccccc%10c9c8)cc7)c7ccc(-c8cccc9c8oc8ccccc89)cc7)cc6)c6ccc(N(c7ccc(-c8ccc9oc%10ccccc%10c9c8)cc7)c7ccc(-c8cccc9c8oc8ccccc89)cc7)cc6)cc5)cc4)cc3)cc12. The van der Waals surface area contributed by atoms with Crippen LogP contribution in [-0.4, -0.2) is 0 Å². The fourth-order valence-electron chi connectivity index (χ4n) is 21.3. The predicted molar refractivity (Wildman–Crippen MR) is 587 cm³/mol. The van der Waals surface area contributed by atoms with Gasteiger partial charge < -0.3 is 46.1 Å². The Bertz CT molecular complexity index is 9400. The molecule has 28 aromatic rings. The van der Waals surface area contributed by atoms with Crippen molar-refractivity contribution in [2.75, 3.05) is 19.6 Å². The van der Waals surface area contributed by atoms with E-state index in [0.717, 1.165) is 278 Å². The van der Waals surface area contributed by atoms with Crippen LogP contribution in [0.15, 0.2) is 524 Å². The van der Waals surface area contributed by atoms with E-state index in [2.05, 4.69) is 444 Å². The zero-order valence-electron chi connectivity index (χ0n) is 76.6. The van der Waals surface area contributed by atoms with Crippen molar-refractivity contribution in [2.45, 2.75) is 0 Å². The lowest BCUT2D eigenvalue weighted by Crippen LogP contribution is -2.14. The summed E-state index contributed by atoms with van der Waals surface area (Å²) in [4.78, 5) is 9.42. The van der Waals surface area contributed by atoms with Crippen molar-refractivity contribution in [3.63, 3.8) is 0 Å². The maximum absolute atomic E-state index is 6.66. The molecule has 0 bridgehead atoms. The summed E-state index contributed by atoms with van der Waals surface area (Å²) in [6.45, 7) is 0. The summed E-state index contributed by atoms with van der Waals surface area (Å²) < 4.78 is 38.8. The molecule has 0 radical (unpaired) electrons. The molecule has 0 aliphatic carbocycles. The van der Waals surface area contributed by atoms with Gasteiger partial charge in [0.05, 0.1) is 0 Å². The zero-order valence-corrected chi connectivity index (χ0v) is 76.6. The van der Waals surface area contributed by atoms with E-state index in [0.29, 0.717) is 0 Å². The minimum absolute atomic E-state index is 0.863. The second-order valence-electron chi connectivity index (χ2n) is 36.5. The molecule has 0 atom stereocenters. The molecule has 10 nitrogen and oxygen atoms in total. The van der Waals surface area contributed by atoms with E-state index in [1.807, 2.05) is 72.8 Å². The van der Waals surface area contributed by atoms with Gasteiger partial charge in [-0.1, -0.05) is 279 Å². The van der Waals surface area contributed by atoms with Crippen LogP contribution in [-0.2, 0) is 0 Å². The Balaban J connectivity index is 0.570. The third-order valence-corrected chi connectivity index (χ3v) is 28.3. The van der Waals surface area contributed by atoms with Gasteiger partial charge in [0.25, 0.3) is 0 Å². The van der Waals surface area contributed by atoms with Gasteiger partial charge in [0.1, 0.15) is 67.0 Å². The molecule has 0 aliphatic rings. The Morgan fingerprint density at radius 2 is 0.261 bits per heavy atom. The van der Waals surface area contributed by atoms with E-state index in [4.69, 9.17) is 26.5 Å². The van der Waals surface area contributed by atoms with Gasteiger partial charge >= 0.3 is 0 Å². The van der Waals surface area contributed by atoms with Gasteiger partial charge in [-0.2, -0.15) is 0 Å². The minimum atomic E-state index is 0.863. The maximum atomic E-state index is 6.66. The van der Waals surface area contributed by atoms with Gasteiger partial charge in [-0.15, -0.1) is 0 Å². The topological polar surface area (TPSA) is 91.8 Å². The summed E-state index contributed by atoms with van der Waals surface area (Å²) in [7, 11) is 0. The lowest BCUT2D eigenvalue weighted by Gasteiger charge is -2.30. The van der Waals surface area contributed by atoms with Crippen LogP contribution in [0.5, 0.6) is 0 Å². The number of anilines is 12. The van der Waals surface area contributed by atoms with E-state index in [1.54, 1.807) is 0 Å². The van der Waals surface area contributed by atoms with Crippen molar-refractivity contribution >= 4 is 200 Å². The minimum Gasteiger partial charge on any atom is -0.456 e. The smallest absolute Gasteiger partial charge is 0.143 e. The van der Waals surface area contributed by atoms with Gasteiger partial charge in [-0.05, 0) is 280 Å². The number of hydrogen-bond acceptors (Lipinski definition) is 10. The highest BCUT2D eigenvalue weighted by Gasteiger charge is 2.26. The normalized spacial score (nSPS) is 11.8. The van der Waals surface area contributed by atoms with Crippen LogP contribution < -0.4 is 19.6 Å². The molecule has 0 aliphatic heterocycles. The molecular formula is C132H82N4O6. The average Bonchev–Trinajstić information content (AvgIpc) is 1.62. The number of nitrogens with zero attached hydrogens (tertiary/aromatic N) is 4. The van der Waals surface area contributed by atoms with Gasteiger partial charge in [-0.25, -0.2) is 0 Å². The van der Waals surface area contributed by atoms with Crippen molar-refractivity contribution in [2.24, 2.45) is 0 Å². The van der Waals surface area contributed by atoms with E-state index in [9.17, 15) is 0 Å². The molecule has 0 N–H and O–H groups in total. The predicted octanol–water partition coefficient (Wildman–Crippen LogP) is 38.6. The van der Waals surface area contributed by atoms with Crippen LogP contribution >= 0.6 is 0 Å². The van der Waals surface area contributed by atoms with Crippen molar-refractivity contribution in [3.8, 4) is 77.9 Å². The van der Waals surface area contributed by atoms with Crippen LogP contribution in [0.2, 0.25) is 0 Å². The van der Waals surface area contributed by atoms with Crippen LogP contribution in [0.25, 0.3) is 210 Å². The molecule has 0 unspecified atom stereocenters. The molecule has 6 heterocycles. The quantitative estimate of drug-likeness (QED) is 0.0779. The molecule has 6 aromatic heterocycles. The van der Waals surface area contributed by atoms with E-state index in [-0.39, 0.29) is 0 Å². The molecule has 0 amide bonds. The summed E-state index contributed by atoms with van der Waals surface area (Å²) in [5.41, 5.74) is 37.2. The first-order chi connectivity index (χ1) is 70.3. The highest BCUT2D eigenvalue weighted by atomic mass is 16.3. The lowest BCUT2D eigenvalue weighted by atomic mass is 9.99. The van der Waals surface area contributed by atoms with Crippen molar-refractivity contribution in [1.29, 1.82) is 0 Å². The van der Waals surface area contributed by atoms with Crippen molar-refractivity contribution < 1.29 is 26.5 Å². The fraction of sp³-hybridized carbons (Fsp3) is 0.